The number of isothiocyanates is 1. The van der Waals surface area contributed by atoms with E-state index in [4.69, 9.17) is 0 Å². The molecule has 0 fully saturated rings. The zero-order valence-electron chi connectivity index (χ0n) is 6.46. The summed E-state index contributed by atoms with van der Waals surface area (Å²) in [5, 5.41) is 2.28. The van der Waals surface area contributed by atoms with E-state index in [0.717, 1.165) is 5.56 Å². The standard InChI is InChI=1S/C9H8FNS/c10-5-8-1-3-9(4-2-8)6-11-7-12/h1-4H,5-6H2. The summed E-state index contributed by atoms with van der Waals surface area (Å²) in [5.41, 5.74) is 1.70. The second kappa shape index (κ2) is 4.75. The van der Waals surface area contributed by atoms with E-state index in [1.807, 2.05) is 12.1 Å². The van der Waals surface area contributed by atoms with Gasteiger partial charge in [0.1, 0.15) is 6.67 Å². The number of rotatable bonds is 3. The lowest BCUT2D eigenvalue weighted by Crippen LogP contribution is -1.82. The smallest absolute Gasteiger partial charge is 0.115 e. The fourth-order valence-electron chi connectivity index (χ4n) is 0.857. The van der Waals surface area contributed by atoms with Gasteiger partial charge in [-0.1, -0.05) is 24.3 Å². The van der Waals surface area contributed by atoms with Gasteiger partial charge in [-0.25, -0.2) is 9.38 Å². The van der Waals surface area contributed by atoms with Crippen molar-refractivity contribution < 1.29 is 4.39 Å². The van der Waals surface area contributed by atoms with Crippen LogP contribution in [0.15, 0.2) is 29.3 Å². The quantitative estimate of drug-likeness (QED) is 0.516. The topological polar surface area (TPSA) is 12.4 Å². The van der Waals surface area contributed by atoms with Crippen LogP contribution in [0.1, 0.15) is 11.1 Å². The normalized spacial score (nSPS) is 9.08. The van der Waals surface area contributed by atoms with Crippen LogP contribution in [0, 0.1) is 0 Å². The highest BCUT2D eigenvalue weighted by Crippen LogP contribution is 2.06. The van der Waals surface area contributed by atoms with Crippen LogP contribution in [0.5, 0.6) is 0 Å². The fraction of sp³-hybridized carbons (Fsp3) is 0.222. The summed E-state index contributed by atoms with van der Waals surface area (Å²) in [6.45, 7) is 0.104. The van der Waals surface area contributed by atoms with Crippen LogP contribution in [0.3, 0.4) is 0 Å². The molecule has 1 aromatic rings. The largest absolute Gasteiger partial charge is 0.246 e. The van der Waals surface area contributed by atoms with Crippen LogP contribution in [0.2, 0.25) is 0 Å². The molecule has 0 saturated carbocycles. The molecule has 1 aromatic carbocycles. The summed E-state index contributed by atoms with van der Waals surface area (Å²) < 4.78 is 12.1. The van der Waals surface area contributed by atoms with E-state index in [2.05, 4.69) is 22.4 Å². The minimum atomic E-state index is -0.420. The van der Waals surface area contributed by atoms with E-state index in [1.54, 1.807) is 12.1 Å². The van der Waals surface area contributed by atoms with Crippen molar-refractivity contribution in [2.45, 2.75) is 13.2 Å². The predicted molar refractivity (Wildman–Crippen MR) is 50.0 cm³/mol. The lowest BCUT2D eigenvalue weighted by atomic mass is 10.1. The van der Waals surface area contributed by atoms with E-state index >= 15 is 0 Å². The molecule has 0 unspecified atom stereocenters. The van der Waals surface area contributed by atoms with E-state index in [-0.39, 0.29) is 0 Å². The Morgan fingerprint density at radius 2 is 1.83 bits per heavy atom. The van der Waals surface area contributed by atoms with Crippen molar-refractivity contribution in [3.05, 3.63) is 35.4 Å². The maximum atomic E-state index is 12.1. The average molecular weight is 181 g/mol. The van der Waals surface area contributed by atoms with Crippen LogP contribution in [-0.2, 0) is 13.2 Å². The highest BCUT2D eigenvalue weighted by atomic mass is 32.1. The van der Waals surface area contributed by atoms with Crippen molar-refractivity contribution in [1.82, 2.24) is 0 Å². The number of aliphatic imine (C=N–C) groups is 1. The number of benzene rings is 1. The van der Waals surface area contributed by atoms with E-state index < -0.39 is 6.67 Å². The van der Waals surface area contributed by atoms with Gasteiger partial charge in [0.15, 0.2) is 0 Å². The summed E-state index contributed by atoms with van der Waals surface area (Å²) >= 11 is 4.42. The molecule has 12 heavy (non-hydrogen) atoms. The molecule has 0 aliphatic carbocycles. The zero-order chi connectivity index (χ0) is 8.81. The lowest BCUT2D eigenvalue weighted by molar-refractivity contribution is 0.485. The van der Waals surface area contributed by atoms with Crippen LogP contribution >= 0.6 is 12.2 Å². The van der Waals surface area contributed by atoms with Gasteiger partial charge in [-0.05, 0) is 23.3 Å². The first-order valence-electron chi connectivity index (χ1n) is 3.54. The second-order valence-electron chi connectivity index (χ2n) is 2.36. The summed E-state index contributed by atoms with van der Waals surface area (Å²) in [6, 6.07) is 7.17. The van der Waals surface area contributed by atoms with E-state index in [0.29, 0.717) is 12.1 Å². The van der Waals surface area contributed by atoms with Gasteiger partial charge in [-0.3, -0.25) is 0 Å². The first-order valence-corrected chi connectivity index (χ1v) is 3.95. The van der Waals surface area contributed by atoms with Crippen molar-refractivity contribution in [3.63, 3.8) is 0 Å². The van der Waals surface area contributed by atoms with Crippen molar-refractivity contribution in [1.29, 1.82) is 0 Å². The zero-order valence-corrected chi connectivity index (χ0v) is 7.27. The van der Waals surface area contributed by atoms with Crippen molar-refractivity contribution in [2.75, 3.05) is 0 Å². The number of alkyl halides is 1. The van der Waals surface area contributed by atoms with Gasteiger partial charge in [0.25, 0.3) is 0 Å². The highest BCUT2D eigenvalue weighted by Gasteiger charge is 1.91. The Hall–Kier alpha value is -1.05. The summed E-state index contributed by atoms with van der Waals surface area (Å²) in [4.78, 5) is 3.77. The van der Waals surface area contributed by atoms with Gasteiger partial charge in [0.2, 0.25) is 0 Å². The summed E-state index contributed by atoms with van der Waals surface area (Å²) in [6.07, 6.45) is 0. The minimum Gasteiger partial charge on any atom is -0.246 e. The molecule has 0 aromatic heterocycles. The van der Waals surface area contributed by atoms with Crippen LogP contribution < -0.4 is 0 Å². The molecule has 0 N–H and O–H groups in total. The molecule has 0 aliphatic heterocycles. The van der Waals surface area contributed by atoms with Crippen LogP contribution in [-0.4, -0.2) is 5.16 Å². The fourth-order valence-corrected chi connectivity index (χ4v) is 0.922. The Morgan fingerprint density at radius 3 is 2.33 bits per heavy atom. The highest BCUT2D eigenvalue weighted by molar-refractivity contribution is 7.78. The molecule has 3 heteroatoms. The third-order valence-corrected chi connectivity index (χ3v) is 1.63. The molecule has 0 heterocycles. The molecule has 62 valence electrons. The van der Waals surface area contributed by atoms with Gasteiger partial charge in [0.05, 0.1) is 11.7 Å². The molecular weight excluding hydrogens is 173 g/mol. The first-order chi connectivity index (χ1) is 5.86. The van der Waals surface area contributed by atoms with Gasteiger partial charge in [-0.2, -0.15) is 0 Å². The molecule has 1 rings (SSSR count). The van der Waals surface area contributed by atoms with Gasteiger partial charge < -0.3 is 0 Å². The summed E-state index contributed by atoms with van der Waals surface area (Å²) in [7, 11) is 0. The number of nitrogens with zero attached hydrogens (tertiary/aromatic N) is 1. The molecule has 0 bridgehead atoms. The number of thiocarbonyl (C=S) groups is 1. The van der Waals surface area contributed by atoms with Crippen molar-refractivity contribution in [2.24, 2.45) is 4.99 Å². The average Bonchev–Trinajstić information content (AvgIpc) is 2.15. The maximum absolute atomic E-state index is 12.1. The molecule has 0 atom stereocenters. The number of hydrogen-bond donors (Lipinski definition) is 0. The minimum absolute atomic E-state index is 0.420. The Kier molecular flexibility index (Phi) is 3.58. The Labute approximate surface area is 75.9 Å². The molecule has 0 saturated heterocycles. The molecule has 0 spiro atoms. The van der Waals surface area contributed by atoms with Crippen molar-refractivity contribution >= 4 is 17.4 Å². The lowest BCUT2D eigenvalue weighted by Gasteiger charge is -1.96. The van der Waals surface area contributed by atoms with Gasteiger partial charge in [-0.15, -0.1) is 0 Å². The summed E-state index contributed by atoms with van der Waals surface area (Å²) in [5.74, 6) is 0. The van der Waals surface area contributed by atoms with Crippen LogP contribution in [0.25, 0.3) is 0 Å². The van der Waals surface area contributed by atoms with Crippen LogP contribution in [0.4, 0.5) is 4.39 Å². The monoisotopic (exact) mass is 181 g/mol. The third kappa shape index (κ3) is 2.53. The molecule has 0 aliphatic rings. The Balaban J connectivity index is 2.70. The van der Waals surface area contributed by atoms with E-state index in [1.165, 1.54) is 0 Å². The predicted octanol–water partition coefficient (Wildman–Crippen LogP) is 2.76. The number of halogens is 1. The molecule has 1 nitrogen and oxygen atoms in total. The third-order valence-electron chi connectivity index (χ3n) is 1.50. The SMILES string of the molecule is FCc1ccc(CN=C=S)cc1. The van der Waals surface area contributed by atoms with Gasteiger partial charge in [0, 0.05) is 0 Å². The second-order valence-corrected chi connectivity index (χ2v) is 2.54. The van der Waals surface area contributed by atoms with Crippen molar-refractivity contribution in [3.8, 4) is 0 Å². The molecule has 0 radical (unpaired) electrons. The Morgan fingerprint density at radius 1 is 1.25 bits per heavy atom. The van der Waals surface area contributed by atoms with Gasteiger partial charge >= 0.3 is 0 Å². The van der Waals surface area contributed by atoms with E-state index in [9.17, 15) is 4.39 Å². The maximum Gasteiger partial charge on any atom is 0.115 e. The first kappa shape index (κ1) is 9.04. The molecular formula is C9H8FNS. The Bertz CT molecular complexity index is 288. The number of hydrogen-bond acceptors (Lipinski definition) is 2. The molecule has 0 amide bonds.